The lowest BCUT2D eigenvalue weighted by Gasteiger charge is -2.30. The van der Waals surface area contributed by atoms with Crippen LogP contribution < -0.4 is 5.43 Å². The number of halogens is 3. The van der Waals surface area contributed by atoms with Gasteiger partial charge in [-0.05, 0) is 48.4 Å². The Bertz CT molecular complexity index is 883. The molecule has 4 nitrogen and oxygen atoms in total. The van der Waals surface area contributed by atoms with Gasteiger partial charge in [0.1, 0.15) is 6.04 Å². The third-order valence-corrected chi connectivity index (χ3v) is 4.36. The smallest absolute Gasteiger partial charge is 0.287 e. The maximum Gasteiger partial charge on any atom is 0.409 e. The largest absolute Gasteiger partial charge is 0.409 e. The van der Waals surface area contributed by atoms with E-state index in [4.69, 9.17) is 5.26 Å². The van der Waals surface area contributed by atoms with E-state index in [1.165, 1.54) is 12.1 Å². The van der Waals surface area contributed by atoms with Crippen molar-refractivity contribution in [3.8, 4) is 6.07 Å². The molecule has 1 amide bonds. The molecular weight excluding hydrogens is 331 g/mol. The molecule has 0 saturated carbocycles. The summed E-state index contributed by atoms with van der Waals surface area (Å²) in [5.41, 5.74) is 1.85. The lowest BCUT2D eigenvalue weighted by atomic mass is 9.93. The minimum Gasteiger partial charge on any atom is -0.287 e. The molecule has 0 spiro atoms. The van der Waals surface area contributed by atoms with Crippen LogP contribution in [0, 0.1) is 16.7 Å². The van der Waals surface area contributed by atoms with Gasteiger partial charge in [-0.3, -0.25) is 10.2 Å². The fraction of sp³-hybridized carbons (Fsp3) is 0.333. The maximum absolute atomic E-state index is 13.7. The monoisotopic (exact) mass is 347 g/mol. The third-order valence-electron chi connectivity index (χ3n) is 4.36. The topological polar surface area (TPSA) is 56.1 Å². The highest BCUT2D eigenvalue weighted by Gasteiger charge is 2.51. The molecule has 3 rings (SSSR count). The summed E-state index contributed by atoms with van der Waals surface area (Å²) in [6.07, 6.45) is -4.56. The van der Waals surface area contributed by atoms with Crippen LogP contribution in [0.1, 0.15) is 31.0 Å². The number of carbonyl (C=O) groups is 1. The quantitative estimate of drug-likeness (QED) is 0.901. The van der Waals surface area contributed by atoms with Gasteiger partial charge in [0, 0.05) is 6.54 Å². The second kappa shape index (κ2) is 5.74. The number of benzene rings is 2. The number of rotatable bonds is 2. The Morgan fingerprint density at radius 1 is 1.20 bits per heavy atom. The molecule has 1 saturated heterocycles. The number of hydrogen-bond acceptors (Lipinski definition) is 3. The molecule has 2 aromatic carbocycles. The highest BCUT2D eigenvalue weighted by molar-refractivity contribution is 5.85. The van der Waals surface area contributed by atoms with Crippen molar-refractivity contribution in [3.63, 3.8) is 0 Å². The number of hydrazine groups is 1. The number of fused-ring (bicyclic) bond motifs is 1. The van der Waals surface area contributed by atoms with E-state index >= 15 is 0 Å². The van der Waals surface area contributed by atoms with Crippen LogP contribution in [0.2, 0.25) is 0 Å². The van der Waals surface area contributed by atoms with Gasteiger partial charge in [0.2, 0.25) is 5.91 Å². The van der Waals surface area contributed by atoms with Crippen molar-refractivity contribution >= 4 is 16.7 Å². The van der Waals surface area contributed by atoms with Gasteiger partial charge in [-0.2, -0.15) is 18.4 Å². The maximum atomic E-state index is 13.7. The number of nitrogens with one attached hydrogen (secondary N) is 1. The zero-order valence-corrected chi connectivity index (χ0v) is 13.7. The van der Waals surface area contributed by atoms with E-state index in [1.807, 2.05) is 6.07 Å². The van der Waals surface area contributed by atoms with Crippen LogP contribution in [0.4, 0.5) is 13.2 Å². The number of amides is 1. The van der Waals surface area contributed by atoms with Crippen LogP contribution >= 0.6 is 0 Å². The van der Waals surface area contributed by atoms with Crippen molar-refractivity contribution in [2.45, 2.75) is 26.1 Å². The Hall–Kier alpha value is -2.59. The van der Waals surface area contributed by atoms with Gasteiger partial charge in [0.05, 0.1) is 17.0 Å². The molecule has 1 fully saturated rings. The second-order valence-electron chi connectivity index (χ2n) is 6.83. The molecule has 0 aromatic heterocycles. The first-order valence-electron chi connectivity index (χ1n) is 7.70. The van der Waals surface area contributed by atoms with Crippen LogP contribution in [0.15, 0.2) is 36.4 Å². The Kier molecular flexibility index (Phi) is 3.96. The molecule has 2 aromatic rings. The van der Waals surface area contributed by atoms with E-state index in [1.54, 1.807) is 38.1 Å². The molecule has 1 atom stereocenters. The lowest BCUT2D eigenvalue weighted by Crippen LogP contribution is -2.43. The number of nitriles is 1. The van der Waals surface area contributed by atoms with E-state index in [0.29, 0.717) is 10.9 Å². The van der Waals surface area contributed by atoms with Crippen molar-refractivity contribution in [3.05, 3.63) is 47.5 Å². The zero-order valence-electron chi connectivity index (χ0n) is 13.7. The summed E-state index contributed by atoms with van der Waals surface area (Å²) in [4.78, 5) is 11.9. The Morgan fingerprint density at radius 3 is 2.44 bits per heavy atom. The van der Waals surface area contributed by atoms with Crippen LogP contribution in [-0.2, 0) is 4.79 Å². The second-order valence-corrected chi connectivity index (χ2v) is 6.83. The summed E-state index contributed by atoms with van der Waals surface area (Å²) in [6.45, 7) is 3.16. The molecule has 0 bridgehead atoms. The molecule has 1 N–H and O–H groups in total. The third kappa shape index (κ3) is 3.17. The first-order valence-corrected chi connectivity index (χ1v) is 7.70. The van der Waals surface area contributed by atoms with E-state index in [0.717, 1.165) is 10.4 Å². The first kappa shape index (κ1) is 17.2. The van der Waals surface area contributed by atoms with E-state index in [9.17, 15) is 18.0 Å². The number of carbonyl (C=O) groups excluding carboxylic acids is 1. The predicted octanol–water partition coefficient (Wildman–Crippen LogP) is 3.69. The average Bonchev–Trinajstić information content (AvgIpc) is 2.78. The molecule has 0 aliphatic carbocycles. The fourth-order valence-corrected chi connectivity index (χ4v) is 3.03. The minimum atomic E-state index is -4.56. The summed E-state index contributed by atoms with van der Waals surface area (Å²) in [7, 11) is 0. The summed E-state index contributed by atoms with van der Waals surface area (Å²) in [6, 6.07) is 9.32. The number of nitrogens with zero attached hydrogens (tertiary/aromatic N) is 2. The van der Waals surface area contributed by atoms with Gasteiger partial charge in [-0.25, -0.2) is 5.01 Å². The van der Waals surface area contributed by atoms with Crippen LogP contribution in [0.25, 0.3) is 10.8 Å². The molecule has 7 heteroatoms. The Balaban J connectivity index is 2.07. The van der Waals surface area contributed by atoms with Crippen molar-refractivity contribution in [2.75, 3.05) is 6.54 Å². The average molecular weight is 347 g/mol. The predicted molar refractivity (Wildman–Crippen MR) is 86.1 cm³/mol. The van der Waals surface area contributed by atoms with Gasteiger partial charge in [0.25, 0.3) is 0 Å². The number of alkyl halides is 3. The summed E-state index contributed by atoms with van der Waals surface area (Å²) < 4.78 is 41.2. The number of hydrogen-bond donors (Lipinski definition) is 1. The van der Waals surface area contributed by atoms with Crippen molar-refractivity contribution < 1.29 is 18.0 Å². The van der Waals surface area contributed by atoms with Crippen LogP contribution in [-0.4, -0.2) is 23.6 Å². The normalized spacial score (nSPS) is 18.8. The van der Waals surface area contributed by atoms with Gasteiger partial charge < -0.3 is 0 Å². The van der Waals surface area contributed by atoms with Gasteiger partial charge >= 0.3 is 6.18 Å². The summed E-state index contributed by atoms with van der Waals surface area (Å²) in [5, 5.41) is 11.2. The molecule has 1 heterocycles. The van der Waals surface area contributed by atoms with Gasteiger partial charge in [-0.15, -0.1) is 0 Å². The summed E-state index contributed by atoms with van der Waals surface area (Å²) >= 11 is 0. The van der Waals surface area contributed by atoms with E-state index in [2.05, 4.69) is 5.43 Å². The highest BCUT2D eigenvalue weighted by Crippen LogP contribution is 2.41. The molecule has 0 radical (unpaired) electrons. The molecule has 130 valence electrons. The van der Waals surface area contributed by atoms with Gasteiger partial charge in [-0.1, -0.05) is 18.2 Å². The lowest BCUT2D eigenvalue weighted by molar-refractivity contribution is -0.191. The fourth-order valence-electron chi connectivity index (χ4n) is 3.03. The molecule has 1 aliphatic heterocycles. The zero-order chi connectivity index (χ0) is 18.4. The Morgan fingerprint density at radius 2 is 1.88 bits per heavy atom. The van der Waals surface area contributed by atoms with Crippen LogP contribution in [0.5, 0.6) is 0 Å². The molecule has 1 aliphatic rings. The molecular formula is C18H16F3N3O. The standard InChI is InChI=1S/C18H16F3N3O/c1-17(2)10-24(23-16(17)25)15(18(19,20)21)13-6-5-12-4-3-11(9-22)7-14(12)8-13/h3-8,15H,10H2,1-2H3,(H,23,25)/t15-/m0/s1. The highest BCUT2D eigenvalue weighted by atomic mass is 19.4. The molecule has 0 unspecified atom stereocenters. The van der Waals surface area contributed by atoms with Crippen molar-refractivity contribution in [1.29, 1.82) is 5.26 Å². The van der Waals surface area contributed by atoms with Crippen LogP contribution in [0.3, 0.4) is 0 Å². The van der Waals surface area contributed by atoms with E-state index in [-0.39, 0.29) is 12.1 Å². The molecule has 25 heavy (non-hydrogen) atoms. The first-order chi connectivity index (χ1) is 11.6. The summed E-state index contributed by atoms with van der Waals surface area (Å²) in [5.74, 6) is -0.436. The van der Waals surface area contributed by atoms with Crippen molar-refractivity contribution in [2.24, 2.45) is 5.41 Å². The van der Waals surface area contributed by atoms with Gasteiger partial charge in [0.15, 0.2) is 0 Å². The van der Waals surface area contributed by atoms with Crippen molar-refractivity contribution in [1.82, 2.24) is 10.4 Å². The van der Waals surface area contributed by atoms with E-state index < -0.39 is 23.5 Å². The minimum absolute atomic E-state index is 0.0214. The Labute approximate surface area is 142 Å². The SMILES string of the molecule is CC1(C)CN([C@@H](c2ccc3ccc(C#N)cc3c2)C(F)(F)F)NC1=O.